The predicted molar refractivity (Wildman–Crippen MR) is 94.9 cm³/mol. The average Bonchev–Trinajstić information content (AvgIpc) is 3.06. The number of pyridine rings is 1. The molecule has 0 amide bonds. The molecular formula is C20H17N3O. The zero-order valence-corrected chi connectivity index (χ0v) is 13.3. The Kier molecular flexibility index (Phi) is 3.59. The molecule has 0 fully saturated rings. The lowest BCUT2D eigenvalue weighted by atomic mass is 10.1. The molecule has 4 aromatic rings. The first kappa shape index (κ1) is 14.6. The number of hydrogen-bond acceptors (Lipinski definition) is 3. The Morgan fingerprint density at radius 2 is 1.88 bits per heavy atom. The third kappa shape index (κ3) is 2.57. The largest absolute Gasteiger partial charge is 0.389 e. The second kappa shape index (κ2) is 5.91. The van der Waals surface area contributed by atoms with Crippen molar-refractivity contribution >= 4 is 11.0 Å². The fourth-order valence-corrected chi connectivity index (χ4v) is 2.86. The van der Waals surface area contributed by atoms with Gasteiger partial charge in [-0.3, -0.25) is 9.55 Å². The molecule has 1 atom stereocenters. The Morgan fingerprint density at radius 3 is 2.67 bits per heavy atom. The Hall–Kier alpha value is -2.98. The molecule has 4 heteroatoms. The third-order valence-corrected chi connectivity index (χ3v) is 4.17. The summed E-state index contributed by atoms with van der Waals surface area (Å²) in [6, 6.07) is 18.2. The number of imidazole rings is 1. The molecule has 2 aromatic carbocycles. The molecule has 118 valence electrons. The van der Waals surface area contributed by atoms with E-state index in [9.17, 15) is 5.11 Å². The monoisotopic (exact) mass is 315 g/mol. The van der Waals surface area contributed by atoms with Crippen LogP contribution in [-0.4, -0.2) is 19.6 Å². The van der Waals surface area contributed by atoms with Gasteiger partial charge >= 0.3 is 0 Å². The highest BCUT2D eigenvalue weighted by atomic mass is 16.3. The second-order valence-corrected chi connectivity index (χ2v) is 5.83. The Labute approximate surface area is 140 Å². The number of aliphatic hydroxyl groups excluding tert-OH is 1. The van der Waals surface area contributed by atoms with Gasteiger partial charge in [0.15, 0.2) is 0 Å². The SMILES string of the molecule is C[C@H](O)c1ccc2c(c1)ncn2-c1cccc(-c2cccnc2)c1. The summed E-state index contributed by atoms with van der Waals surface area (Å²) in [6.07, 6.45) is 4.96. The molecule has 0 aliphatic heterocycles. The van der Waals surface area contributed by atoms with Gasteiger partial charge in [-0.1, -0.05) is 24.3 Å². The summed E-state index contributed by atoms with van der Waals surface area (Å²) in [7, 11) is 0. The number of rotatable bonds is 3. The van der Waals surface area contributed by atoms with Crippen LogP contribution in [-0.2, 0) is 0 Å². The van der Waals surface area contributed by atoms with Crippen LogP contribution in [0.4, 0.5) is 0 Å². The molecule has 24 heavy (non-hydrogen) atoms. The van der Waals surface area contributed by atoms with E-state index in [-0.39, 0.29) is 0 Å². The van der Waals surface area contributed by atoms with Gasteiger partial charge in [-0.15, -0.1) is 0 Å². The summed E-state index contributed by atoms with van der Waals surface area (Å²) in [5.74, 6) is 0. The number of hydrogen-bond donors (Lipinski definition) is 1. The zero-order chi connectivity index (χ0) is 16.5. The molecule has 2 aromatic heterocycles. The molecule has 4 nitrogen and oxygen atoms in total. The molecule has 0 saturated carbocycles. The number of fused-ring (bicyclic) bond motifs is 1. The first-order chi connectivity index (χ1) is 11.7. The molecule has 0 bridgehead atoms. The maximum atomic E-state index is 9.73. The van der Waals surface area contributed by atoms with Crippen molar-refractivity contribution in [2.24, 2.45) is 0 Å². The number of nitrogens with zero attached hydrogens (tertiary/aromatic N) is 3. The summed E-state index contributed by atoms with van der Waals surface area (Å²) in [5, 5.41) is 9.73. The molecule has 0 unspecified atom stereocenters. The van der Waals surface area contributed by atoms with Crippen molar-refractivity contribution in [3.05, 3.63) is 78.9 Å². The molecule has 0 aliphatic rings. The van der Waals surface area contributed by atoms with Crippen molar-refractivity contribution in [3.8, 4) is 16.8 Å². The van der Waals surface area contributed by atoms with Crippen LogP contribution >= 0.6 is 0 Å². The molecule has 0 spiro atoms. The Bertz CT molecular complexity index is 990. The quantitative estimate of drug-likeness (QED) is 0.618. The van der Waals surface area contributed by atoms with E-state index in [2.05, 4.69) is 32.7 Å². The van der Waals surface area contributed by atoms with Crippen LogP contribution in [0.1, 0.15) is 18.6 Å². The predicted octanol–water partition coefficient (Wildman–Crippen LogP) is 4.14. The van der Waals surface area contributed by atoms with Crippen LogP contribution in [0.15, 0.2) is 73.3 Å². The van der Waals surface area contributed by atoms with Crippen LogP contribution in [0.25, 0.3) is 27.8 Å². The summed E-state index contributed by atoms with van der Waals surface area (Å²) in [4.78, 5) is 8.67. The maximum absolute atomic E-state index is 9.73. The smallest absolute Gasteiger partial charge is 0.100 e. The molecule has 0 aliphatic carbocycles. The minimum atomic E-state index is -0.492. The van der Waals surface area contributed by atoms with E-state index in [1.807, 2.05) is 48.9 Å². The normalized spacial score (nSPS) is 12.4. The van der Waals surface area contributed by atoms with E-state index in [0.717, 1.165) is 33.4 Å². The standard InChI is InChI=1S/C20H17N3O/c1-14(24)15-7-8-20-19(11-15)22-13-23(20)18-6-2-4-16(10-18)17-5-3-9-21-12-17/h2-14,24H,1H3/t14-/m0/s1. The Balaban J connectivity index is 1.81. The molecule has 2 heterocycles. The fourth-order valence-electron chi connectivity index (χ4n) is 2.86. The topological polar surface area (TPSA) is 50.9 Å². The minimum Gasteiger partial charge on any atom is -0.389 e. The highest BCUT2D eigenvalue weighted by Crippen LogP contribution is 2.25. The van der Waals surface area contributed by atoms with E-state index in [1.165, 1.54) is 0 Å². The molecule has 0 radical (unpaired) electrons. The molecule has 1 N–H and O–H groups in total. The van der Waals surface area contributed by atoms with Crippen molar-refractivity contribution in [2.45, 2.75) is 13.0 Å². The molecule has 0 saturated heterocycles. The van der Waals surface area contributed by atoms with Crippen molar-refractivity contribution in [2.75, 3.05) is 0 Å². The van der Waals surface area contributed by atoms with Crippen LogP contribution < -0.4 is 0 Å². The summed E-state index contributed by atoms with van der Waals surface area (Å²) in [5.41, 5.74) is 6.01. The van der Waals surface area contributed by atoms with Gasteiger partial charge in [-0.05, 0) is 48.4 Å². The lowest BCUT2D eigenvalue weighted by Gasteiger charge is -2.08. The molecular weight excluding hydrogens is 298 g/mol. The van der Waals surface area contributed by atoms with Crippen molar-refractivity contribution < 1.29 is 5.11 Å². The van der Waals surface area contributed by atoms with Gasteiger partial charge in [-0.25, -0.2) is 4.98 Å². The summed E-state index contributed by atoms with van der Waals surface area (Å²) >= 11 is 0. The second-order valence-electron chi connectivity index (χ2n) is 5.83. The number of aromatic nitrogens is 3. The van der Waals surface area contributed by atoms with E-state index in [4.69, 9.17) is 0 Å². The van der Waals surface area contributed by atoms with Crippen molar-refractivity contribution in [3.63, 3.8) is 0 Å². The van der Waals surface area contributed by atoms with E-state index in [1.54, 1.807) is 13.1 Å². The average molecular weight is 315 g/mol. The van der Waals surface area contributed by atoms with Gasteiger partial charge in [-0.2, -0.15) is 0 Å². The van der Waals surface area contributed by atoms with Crippen LogP contribution in [0.3, 0.4) is 0 Å². The number of benzene rings is 2. The van der Waals surface area contributed by atoms with Gasteiger partial charge in [0.05, 0.1) is 17.1 Å². The van der Waals surface area contributed by atoms with Gasteiger partial charge in [0.1, 0.15) is 6.33 Å². The zero-order valence-electron chi connectivity index (χ0n) is 13.3. The fraction of sp³-hybridized carbons (Fsp3) is 0.100. The van der Waals surface area contributed by atoms with Gasteiger partial charge in [0.25, 0.3) is 0 Å². The highest BCUT2D eigenvalue weighted by molar-refractivity contribution is 5.79. The lowest BCUT2D eigenvalue weighted by molar-refractivity contribution is 0.199. The third-order valence-electron chi connectivity index (χ3n) is 4.17. The van der Waals surface area contributed by atoms with Crippen molar-refractivity contribution in [1.29, 1.82) is 0 Å². The van der Waals surface area contributed by atoms with Crippen LogP contribution in [0, 0.1) is 0 Å². The lowest BCUT2D eigenvalue weighted by Crippen LogP contribution is -1.94. The van der Waals surface area contributed by atoms with Gasteiger partial charge < -0.3 is 5.11 Å². The number of aliphatic hydroxyl groups is 1. The van der Waals surface area contributed by atoms with Gasteiger partial charge in [0, 0.05) is 23.6 Å². The van der Waals surface area contributed by atoms with Crippen molar-refractivity contribution in [1.82, 2.24) is 14.5 Å². The minimum absolute atomic E-state index is 0.492. The maximum Gasteiger partial charge on any atom is 0.100 e. The Morgan fingerprint density at radius 1 is 1.00 bits per heavy atom. The molecule has 4 rings (SSSR count). The first-order valence-corrected chi connectivity index (χ1v) is 7.88. The summed E-state index contributed by atoms with van der Waals surface area (Å²) < 4.78 is 2.06. The van der Waals surface area contributed by atoms with Gasteiger partial charge in [0.2, 0.25) is 0 Å². The van der Waals surface area contributed by atoms with E-state index >= 15 is 0 Å². The van der Waals surface area contributed by atoms with E-state index in [0.29, 0.717) is 0 Å². The highest BCUT2D eigenvalue weighted by Gasteiger charge is 2.08. The van der Waals surface area contributed by atoms with E-state index < -0.39 is 6.10 Å². The van der Waals surface area contributed by atoms with Crippen LogP contribution in [0.2, 0.25) is 0 Å². The first-order valence-electron chi connectivity index (χ1n) is 7.88. The summed E-state index contributed by atoms with van der Waals surface area (Å²) in [6.45, 7) is 1.76. The van der Waals surface area contributed by atoms with Crippen LogP contribution in [0.5, 0.6) is 0 Å².